The van der Waals surface area contributed by atoms with Crippen molar-refractivity contribution in [3.63, 3.8) is 0 Å². The highest BCUT2D eigenvalue weighted by atomic mass is 19.1. The molecule has 24 heavy (non-hydrogen) atoms. The van der Waals surface area contributed by atoms with E-state index in [-0.39, 0.29) is 18.9 Å². The molecule has 1 aromatic rings. The molecule has 6 nitrogen and oxygen atoms in total. The fourth-order valence-electron chi connectivity index (χ4n) is 3.28. The molecule has 0 bridgehead atoms. The molecule has 3 atom stereocenters. The molecule has 0 aromatic heterocycles. The number of fused-ring (bicyclic) bond motifs is 1. The average molecular weight is 336 g/mol. The van der Waals surface area contributed by atoms with E-state index in [9.17, 15) is 19.1 Å². The highest BCUT2D eigenvalue weighted by Gasteiger charge is 2.34. The van der Waals surface area contributed by atoms with Gasteiger partial charge < -0.3 is 20.5 Å². The van der Waals surface area contributed by atoms with E-state index in [1.54, 1.807) is 0 Å². The van der Waals surface area contributed by atoms with Crippen molar-refractivity contribution in [1.29, 1.82) is 0 Å². The zero-order valence-electron chi connectivity index (χ0n) is 13.3. The zero-order valence-corrected chi connectivity index (χ0v) is 13.3. The fraction of sp³-hybridized carbons (Fsp3) is 0.529. The van der Waals surface area contributed by atoms with Crippen LogP contribution in [-0.2, 0) is 20.7 Å². The molecule has 1 aromatic carbocycles. The molecule has 2 aliphatic rings. The molecule has 0 spiro atoms. The van der Waals surface area contributed by atoms with Crippen molar-refractivity contribution >= 4 is 17.5 Å². The van der Waals surface area contributed by atoms with E-state index in [4.69, 9.17) is 4.74 Å². The van der Waals surface area contributed by atoms with Crippen LogP contribution in [0.4, 0.5) is 10.1 Å². The molecular formula is C17H21FN2O4. The number of hydrogen-bond donors (Lipinski definition) is 3. The van der Waals surface area contributed by atoms with Gasteiger partial charge >= 0.3 is 0 Å². The third-order valence-corrected chi connectivity index (χ3v) is 4.67. The van der Waals surface area contributed by atoms with Crippen LogP contribution in [0.5, 0.6) is 0 Å². The number of carbonyl (C=O) groups excluding carboxylic acids is 2. The first-order valence-electron chi connectivity index (χ1n) is 8.16. The molecule has 7 heteroatoms. The van der Waals surface area contributed by atoms with E-state index < -0.39 is 29.6 Å². The van der Waals surface area contributed by atoms with Crippen molar-refractivity contribution < 1.29 is 23.8 Å². The Morgan fingerprint density at radius 1 is 1.50 bits per heavy atom. The second-order valence-electron chi connectivity index (χ2n) is 6.32. The molecule has 1 fully saturated rings. The third-order valence-electron chi connectivity index (χ3n) is 4.67. The van der Waals surface area contributed by atoms with Crippen molar-refractivity contribution in [2.75, 3.05) is 25.1 Å². The van der Waals surface area contributed by atoms with Gasteiger partial charge in [0.05, 0.1) is 19.3 Å². The minimum absolute atomic E-state index is 0.0316. The molecule has 3 unspecified atom stereocenters. The van der Waals surface area contributed by atoms with Gasteiger partial charge in [0.15, 0.2) is 0 Å². The number of carbonyl (C=O) groups is 2. The van der Waals surface area contributed by atoms with E-state index in [1.165, 1.54) is 18.2 Å². The smallest absolute Gasteiger partial charge is 0.237 e. The number of hydrogen-bond acceptors (Lipinski definition) is 4. The lowest BCUT2D eigenvalue weighted by Gasteiger charge is -2.31. The lowest BCUT2D eigenvalue weighted by Crippen LogP contribution is -2.50. The van der Waals surface area contributed by atoms with Crippen molar-refractivity contribution in [3.8, 4) is 0 Å². The van der Waals surface area contributed by atoms with Gasteiger partial charge in [-0.15, -0.1) is 0 Å². The van der Waals surface area contributed by atoms with E-state index >= 15 is 0 Å². The normalized spacial score (nSPS) is 24.7. The second-order valence-corrected chi connectivity index (χ2v) is 6.32. The number of aliphatic hydroxyl groups is 1. The standard InChI is InChI=1S/C17H21FN2O4/c18-12-3-4-14-11(6-12)7-13(16(22)19-14)17(23)20-15(8-21)10-2-1-5-24-9-10/h3-4,6,10,13,15,21H,1-2,5,7-9H2,(H,19,22)(H,20,23). The van der Waals surface area contributed by atoms with Crippen molar-refractivity contribution in [1.82, 2.24) is 5.32 Å². The lowest BCUT2D eigenvalue weighted by atomic mass is 9.90. The maximum absolute atomic E-state index is 13.4. The minimum atomic E-state index is -0.933. The Balaban J connectivity index is 1.68. The Morgan fingerprint density at radius 3 is 3.04 bits per heavy atom. The van der Waals surface area contributed by atoms with Crippen LogP contribution in [-0.4, -0.2) is 42.8 Å². The van der Waals surface area contributed by atoms with E-state index in [0.717, 1.165) is 12.8 Å². The lowest BCUT2D eigenvalue weighted by molar-refractivity contribution is -0.134. The maximum Gasteiger partial charge on any atom is 0.237 e. The molecular weight excluding hydrogens is 315 g/mol. The summed E-state index contributed by atoms with van der Waals surface area (Å²) in [6.45, 7) is 0.964. The Hall–Kier alpha value is -1.99. The van der Waals surface area contributed by atoms with Crippen LogP contribution in [0.2, 0.25) is 0 Å². The molecule has 130 valence electrons. The van der Waals surface area contributed by atoms with Gasteiger partial charge in [-0.1, -0.05) is 0 Å². The molecule has 3 N–H and O–H groups in total. The van der Waals surface area contributed by atoms with E-state index in [2.05, 4.69) is 10.6 Å². The maximum atomic E-state index is 13.4. The summed E-state index contributed by atoms with van der Waals surface area (Å²) < 4.78 is 18.8. The highest BCUT2D eigenvalue weighted by molar-refractivity contribution is 6.08. The van der Waals surface area contributed by atoms with Gasteiger partial charge in [-0.3, -0.25) is 9.59 Å². The van der Waals surface area contributed by atoms with Crippen molar-refractivity contribution in [3.05, 3.63) is 29.6 Å². The Labute approximate surface area is 139 Å². The Bertz CT molecular complexity index is 631. The van der Waals surface area contributed by atoms with Crippen LogP contribution in [0, 0.1) is 17.7 Å². The van der Waals surface area contributed by atoms with Crippen LogP contribution in [0.25, 0.3) is 0 Å². The number of ether oxygens (including phenoxy) is 1. The van der Waals surface area contributed by atoms with Crippen LogP contribution in [0.3, 0.4) is 0 Å². The summed E-state index contributed by atoms with van der Waals surface area (Å²) in [4.78, 5) is 24.7. The number of halogens is 1. The van der Waals surface area contributed by atoms with Gasteiger partial charge in [0.25, 0.3) is 0 Å². The molecule has 2 amide bonds. The highest BCUT2D eigenvalue weighted by Crippen LogP contribution is 2.27. The number of benzene rings is 1. The third kappa shape index (κ3) is 3.57. The second kappa shape index (κ2) is 7.27. The fourth-order valence-corrected chi connectivity index (χ4v) is 3.28. The van der Waals surface area contributed by atoms with Gasteiger partial charge in [0.2, 0.25) is 11.8 Å². The van der Waals surface area contributed by atoms with Gasteiger partial charge in [-0.2, -0.15) is 0 Å². The number of nitrogens with one attached hydrogen (secondary N) is 2. The predicted molar refractivity (Wildman–Crippen MR) is 84.8 cm³/mol. The SMILES string of the molecule is O=C1Nc2ccc(F)cc2CC1C(=O)NC(CO)C1CCCOC1. The van der Waals surface area contributed by atoms with Gasteiger partial charge in [0, 0.05) is 18.2 Å². The van der Waals surface area contributed by atoms with Crippen LogP contribution in [0.15, 0.2) is 18.2 Å². The van der Waals surface area contributed by atoms with E-state index in [1.807, 2.05) is 0 Å². The number of anilines is 1. The van der Waals surface area contributed by atoms with Crippen molar-refractivity contribution in [2.24, 2.45) is 11.8 Å². The molecule has 3 rings (SSSR count). The summed E-state index contributed by atoms with van der Waals surface area (Å²) in [5.74, 6) is -2.17. The first-order valence-corrected chi connectivity index (χ1v) is 8.16. The molecule has 2 heterocycles. The molecule has 1 saturated heterocycles. The quantitative estimate of drug-likeness (QED) is 0.711. The van der Waals surface area contributed by atoms with Gasteiger partial charge in [0.1, 0.15) is 11.7 Å². The minimum Gasteiger partial charge on any atom is -0.394 e. The predicted octanol–water partition coefficient (Wildman–Crippen LogP) is 0.840. The summed E-state index contributed by atoms with van der Waals surface area (Å²) in [7, 11) is 0. The van der Waals surface area contributed by atoms with Crippen LogP contribution < -0.4 is 10.6 Å². The zero-order chi connectivity index (χ0) is 17.1. The summed E-state index contributed by atoms with van der Waals surface area (Å²) in [5.41, 5.74) is 1.13. The average Bonchev–Trinajstić information content (AvgIpc) is 2.60. The summed E-state index contributed by atoms with van der Waals surface area (Å²) in [6.07, 6.45) is 1.88. The number of amides is 2. The first kappa shape index (κ1) is 16.9. The summed E-state index contributed by atoms with van der Waals surface area (Å²) in [5, 5.41) is 15.0. The van der Waals surface area contributed by atoms with Crippen molar-refractivity contribution in [2.45, 2.75) is 25.3 Å². The number of aliphatic hydroxyl groups excluding tert-OH is 1. The molecule has 0 radical (unpaired) electrons. The monoisotopic (exact) mass is 336 g/mol. The topological polar surface area (TPSA) is 87.7 Å². The molecule has 0 saturated carbocycles. The van der Waals surface area contributed by atoms with Gasteiger partial charge in [-0.05, 0) is 43.0 Å². The Kier molecular flexibility index (Phi) is 5.11. The van der Waals surface area contributed by atoms with Crippen LogP contribution in [0.1, 0.15) is 18.4 Å². The summed E-state index contributed by atoms with van der Waals surface area (Å²) in [6, 6.07) is 3.64. The van der Waals surface area contributed by atoms with Crippen LogP contribution >= 0.6 is 0 Å². The van der Waals surface area contributed by atoms with Gasteiger partial charge in [-0.25, -0.2) is 4.39 Å². The molecule has 0 aliphatic carbocycles. The largest absolute Gasteiger partial charge is 0.394 e. The number of rotatable bonds is 4. The Morgan fingerprint density at radius 2 is 2.33 bits per heavy atom. The first-order chi connectivity index (χ1) is 11.6. The summed E-state index contributed by atoms with van der Waals surface area (Å²) >= 11 is 0. The molecule has 2 aliphatic heterocycles. The van der Waals surface area contributed by atoms with E-state index in [0.29, 0.717) is 24.5 Å².